The van der Waals surface area contributed by atoms with E-state index in [-0.39, 0.29) is 24.9 Å². The van der Waals surface area contributed by atoms with Crippen LogP contribution in [0, 0.1) is 0 Å². The number of carbonyl (C=O) groups excluding carboxylic acids is 1. The van der Waals surface area contributed by atoms with Gasteiger partial charge in [0.25, 0.3) is 5.56 Å². The number of para-hydroxylation sites is 1. The highest BCUT2D eigenvalue weighted by Crippen LogP contribution is 2.35. The number of amides is 1. The van der Waals surface area contributed by atoms with Gasteiger partial charge in [0.15, 0.2) is 0 Å². The third-order valence-corrected chi connectivity index (χ3v) is 5.42. The van der Waals surface area contributed by atoms with E-state index in [2.05, 4.69) is 17.1 Å². The van der Waals surface area contributed by atoms with Gasteiger partial charge in [-0.2, -0.15) is 0 Å². The number of H-pyrrole nitrogens is 1. The highest BCUT2D eigenvalue weighted by molar-refractivity contribution is 5.79. The second-order valence-corrected chi connectivity index (χ2v) is 6.94. The number of nitrogens with one attached hydrogen (secondary N) is 1. The number of hydrogen-bond donors (Lipinski definition) is 1. The van der Waals surface area contributed by atoms with Gasteiger partial charge < -0.3 is 4.90 Å². The zero-order valence-corrected chi connectivity index (χ0v) is 15.1. The Balaban J connectivity index is 1.55. The molecule has 0 aliphatic heterocycles. The van der Waals surface area contributed by atoms with E-state index in [1.165, 1.54) is 15.7 Å². The molecule has 1 N–H and O–H groups in total. The molecule has 1 aliphatic rings. The van der Waals surface area contributed by atoms with E-state index in [1.54, 1.807) is 29.2 Å². The standard InChI is InChI=1S/C21H21N3O3/c1-23(17-11-10-14-6-2-3-7-15(14)17)19(25)12-13-24-18-9-5-4-8-16(18)20(26)22-21(24)27/h2-9,17H,10-13H2,1H3,(H,22,26,27). The molecule has 0 saturated carbocycles. The van der Waals surface area contributed by atoms with Crippen LogP contribution in [-0.4, -0.2) is 27.4 Å². The van der Waals surface area contributed by atoms with Crippen LogP contribution in [0.25, 0.3) is 10.9 Å². The van der Waals surface area contributed by atoms with Crippen molar-refractivity contribution in [1.82, 2.24) is 14.5 Å². The predicted octanol–water partition coefficient (Wildman–Crippen LogP) is 2.23. The SMILES string of the molecule is CN(C(=O)CCn1c(=O)[nH]c(=O)c2ccccc21)C1CCc2ccccc21. The van der Waals surface area contributed by atoms with Gasteiger partial charge >= 0.3 is 5.69 Å². The summed E-state index contributed by atoms with van der Waals surface area (Å²) in [4.78, 5) is 41.1. The summed E-state index contributed by atoms with van der Waals surface area (Å²) < 4.78 is 1.46. The van der Waals surface area contributed by atoms with Gasteiger partial charge in [0.2, 0.25) is 5.91 Å². The molecule has 0 fully saturated rings. The van der Waals surface area contributed by atoms with Crippen LogP contribution >= 0.6 is 0 Å². The summed E-state index contributed by atoms with van der Waals surface area (Å²) in [5.74, 6) is -0.0149. The average molecular weight is 363 g/mol. The van der Waals surface area contributed by atoms with Crippen molar-refractivity contribution < 1.29 is 4.79 Å². The van der Waals surface area contributed by atoms with E-state index >= 15 is 0 Å². The molecule has 0 bridgehead atoms. The molecule has 4 rings (SSSR count). The Morgan fingerprint density at radius 3 is 2.74 bits per heavy atom. The van der Waals surface area contributed by atoms with Crippen LogP contribution in [0.15, 0.2) is 58.1 Å². The Kier molecular flexibility index (Phi) is 4.39. The van der Waals surface area contributed by atoms with Crippen molar-refractivity contribution in [2.45, 2.75) is 31.8 Å². The van der Waals surface area contributed by atoms with Crippen LogP contribution in [0.1, 0.15) is 30.0 Å². The average Bonchev–Trinajstić information content (AvgIpc) is 3.11. The van der Waals surface area contributed by atoms with Crippen LogP contribution in [0.4, 0.5) is 0 Å². The first-order valence-corrected chi connectivity index (χ1v) is 9.11. The quantitative estimate of drug-likeness (QED) is 0.772. The number of carbonyl (C=O) groups is 1. The molecule has 0 radical (unpaired) electrons. The van der Waals surface area contributed by atoms with Gasteiger partial charge in [0.1, 0.15) is 0 Å². The fourth-order valence-corrected chi connectivity index (χ4v) is 3.96. The highest BCUT2D eigenvalue weighted by Gasteiger charge is 2.28. The molecule has 138 valence electrons. The Hall–Kier alpha value is -3.15. The number of benzene rings is 2. The number of nitrogens with zero attached hydrogens (tertiary/aromatic N) is 2. The lowest BCUT2D eigenvalue weighted by Gasteiger charge is -2.25. The molecule has 27 heavy (non-hydrogen) atoms. The summed E-state index contributed by atoms with van der Waals surface area (Å²) in [5.41, 5.74) is 2.16. The monoisotopic (exact) mass is 363 g/mol. The molecule has 1 amide bonds. The summed E-state index contributed by atoms with van der Waals surface area (Å²) >= 11 is 0. The molecule has 1 aliphatic carbocycles. The van der Waals surface area contributed by atoms with E-state index in [1.807, 2.05) is 19.2 Å². The largest absolute Gasteiger partial charge is 0.339 e. The van der Waals surface area contributed by atoms with E-state index < -0.39 is 11.2 Å². The molecule has 6 nitrogen and oxygen atoms in total. The van der Waals surface area contributed by atoms with Gasteiger partial charge in [-0.05, 0) is 36.1 Å². The lowest BCUT2D eigenvalue weighted by molar-refractivity contribution is -0.132. The van der Waals surface area contributed by atoms with E-state index in [0.29, 0.717) is 10.9 Å². The van der Waals surface area contributed by atoms with Crippen molar-refractivity contribution >= 4 is 16.8 Å². The third-order valence-electron chi connectivity index (χ3n) is 5.42. The molecule has 0 saturated heterocycles. The minimum Gasteiger partial charge on any atom is -0.339 e. The number of rotatable bonds is 4. The Morgan fingerprint density at radius 1 is 1.15 bits per heavy atom. The molecule has 1 unspecified atom stereocenters. The minimum absolute atomic E-state index is 0.0149. The van der Waals surface area contributed by atoms with Crippen molar-refractivity contribution in [1.29, 1.82) is 0 Å². The number of hydrogen-bond acceptors (Lipinski definition) is 3. The summed E-state index contributed by atoms with van der Waals surface area (Å²) in [6.45, 7) is 0.230. The molecule has 0 spiro atoms. The van der Waals surface area contributed by atoms with Crippen LogP contribution in [-0.2, 0) is 17.8 Å². The summed E-state index contributed by atoms with van der Waals surface area (Å²) in [7, 11) is 1.82. The maximum absolute atomic E-state index is 12.8. The van der Waals surface area contributed by atoms with Gasteiger partial charge in [-0.3, -0.25) is 19.1 Å². The summed E-state index contributed by atoms with van der Waals surface area (Å²) in [6.07, 6.45) is 2.09. The van der Waals surface area contributed by atoms with Crippen LogP contribution < -0.4 is 11.2 Å². The van der Waals surface area contributed by atoms with E-state index in [4.69, 9.17) is 0 Å². The summed E-state index contributed by atoms with van der Waals surface area (Å²) in [5, 5.41) is 0.447. The lowest BCUT2D eigenvalue weighted by atomic mass is 10.1. The van der Waals surface area contributed by atoms with E-state index in [9.17, 15) is 14.4 Å². The van der Waals surface area contributed by atoms with Crippen molar-refractivity contribution in [3.8, 4) is 0 Å². The highest BCUT2D eigenvalue weighted by atomic mass is 16.2. The molecule has 1 heterocycles. The molecular formula is C21H21N3O3. The van der Waals surface area contributed by atoms with Crippen molar-refractivity contribution in [2.75, 3.05) is 7.05 Å². The Labute approximate surface area is 156 Å². The normalized spacial score (nSPS) is 15.7. The van der Waals surface area contributed by atoms with E-state index in [0.717, 1.165) is 12.8 Å². The zero-order chi connectivity index (χ0) is 19.0. The number of aromatic amines is 1. The molecule has 3 aromatic rings. The number of aryl methyl sites for hydroxylation is 2. The Morgan fingerprint density at radius 2 is 1.89 bits per heavy atom. The van der Waals surface area contributed by atoms with Gasteiger partial charge in [0.05, 0.1) is 16.9 Å². The topological polar surface area (TPSA) is 75.2 Å². The van der Waals surface area contributed by atoms with Crippen LogP contribution in [0.5, 0.6) is 0 Å². The minimum atomic E-state index is -0.486. The fraction of sp³-hybridized carbons (Fsp3) is 0.286. The molecule has 1 atom stereocenters. The first-order valence-electron chi connectivity index (χ1n) is 9.11. The predicted molar refractivity (Wildman–Crippen MR) is 104 cm³/mol. The first-order chi connectivity index (χ1) is 13.1. The van der Waals surface area contributed by atoms with Crippen LogP contribution in [0.2, 0.25) is 0 Å². The smallest absolute Gasteiger partial charge is 0.328 e. The molecule has 6 heteroatoms. The van der Waals surface area contributed by atoms with Gasteiger partial charge in [-0.25, -0.2) is 4.79 Å². The second-order valence-electron chi connectivity index (χ2n) is 6.94. The van der Waals surface area contributed by atoms with Crippen molar-refractivity contribution in [3.63, 3.8) is 0 Å². The molecular weight excluding hydrogens is 342 g/mol. The van der Waals surface area contributed by atoms with Gasteiger partial charge in [-0.1, -0.05) is 36.4 Å². The molecule has 2 aromatic carbocycles. The fourth-order valence-electron chi connectivity index (χ4n) is 3.96. The first kappa shape index (κ1) is 17.3. The number of fused-ring (bicyclic) bond motifs is 2. The maximum atomic E-state index is 12.8. The van der Waals surface area contributed by atoms with Crippen molar-refractivity contribution in [2.24, 2.45) is 0 Å². The third kappa shape index (κ3) is 3.07. The van der Waals surface area contributed by atoms with Gasteiger partial charge in [0, 0.05) is 20.0 Å². The zero-order valence-electron chi connectivity index (χ0n) is 15.1. The Bertz CT molecular complexity index is 1130. The van der Waals surface area contributed by atoms with Gasteiger partial charge in [-0.15, -0.1) is 0 Å². The molecule has 1 aromatic heterocycles. The lowest BCUT2D eigenvalue weighted by Crippen LogP contribution is -2.34. The van der Waals surface area contributed by atoms with Crippen LogP contribution in [0.3, 0.4) is 0 Å². The second kappa shape index (κ2) is 6.87. The summed E-state index contributed by atoms with van der Waals surface area (Å²) in [6, 6.07) is 15.2. The number of aromatic nitrogens is 2. The maximum Gasteiger partial charge on any atom is 0.328 e. The van der Waals surface area contributed by atoms with Crippen molar-refractivity contribution in [3.05, 3.63) is 80.5 Å².